The summed E-state index contributed by atoms with van der Waals surface area (Å²) >= 11 is 0. The van der Waals surface area contributed by atoms with Gasteiger partial charge in [-0.1, -0.05) is 5.16 Å². The predicted octanol–water partition coefficient (Wildman–Crippen LogP) is 2.04. The minimum absolute atomic E-state index is 0.0476. The van der Waals surface area contributed by atoms with Crippen LogP contribution in [0.3, 0.4) is 0 Å². The van der Waals surface area contributed by atoms with Crippen LogP contribution in [0.1, 0.15) is 24.4 Å². The number of pyridine rings is 2. The van der Waals surface area contributed by atoms with E-state index in [2.05, 4.69) is 35.6 Å². The van der Waals surface area contributed by atoms with E-state index in [1.54, 1.807) is 18.6 Å². The van der Waals surface area contributed by atoms with Gasteiger partial charge in [-0.05, 0) is 30.7 Å². The fourth-order valence-electron chi connectivity index (χ4n) is 2.68. The molecule has 4 aromatic heterocycles. The summed E-state index contributed by atoms with van der Waals surface area (Å²) in [6, 6.07) is 7.44. The molecule has 9 nitrogen and oxygen atoms in total. The summed E-state index contributed by atoms with van der Waals surface area (Å²) in [7, 11) is 0. The predicted molar refractivity (Wildman–Crippen MR) is 96.2 cm³/mol. The molecule has 9 heteroatoms. The zero-order valence-electron chi connectivity index (χ0n) is 14.4. The highest BCUT2D eigenvalue weighted by atomic mass is 16.5. The molecule has 0 unspecified atom stereocenters. The van der Waals surface area contributed by atoms with E-state index in [0.29, 0.717) is 43.2 Å². The highest BCUT2D eigenvalue weighted by Gasteiger charge is 2.10. The summed E-state index contributed by atoms with van der Waals surface area (Å²) in [5.41, 5.74) is 2.28. The van der Waals surface area contributed by atoms with Crippen molar-refractivity contribution in [2.45, 2.75) is 25.8 Å². The maximum atomic E-state index is 12.1. The number of fused-ring (bicyclic) bond motifs is 1. The summed E-state index contributed by atoms with van der Waals surface area (Å²) in [4.78, 5) is 24.6. The first-order valence-corrected chi connectivity index (χ1v) is 8.57. The zero-order valence-corrected chi connectivity index (χ0v) is 14.4. The molecule has 2 N–H and O–H groups in total. The van der Waals surface area contributed by atoms with Gasteiger partial charge in [0, 0.05) is 42.4 Å². The summed E-state index contributed by atoms with van der Waals surface area (Å²) in [5.74, 6) is 0.961. The average Bonchev–Trinajstić information content (AvgIpc) is 3.34. The number of aromatic amines is 1. The first-order valence-electron chi connectivity index (χ1n) is 8.57. The summed E-state index contributed by atoms with van der Waals surface area (Å²) in [5, 5.41) is 14.7. The van der Waals surface area contributed by atoms with Crippen molar-refractivity contribution in [3.05, 3.63) is 54.4 Å². The number of hydrogen-bond donors (Lipinski definition) is 2. The van der Waals surface area contributed by atoms with E-state index < -0.39 is 0 Å². The van der Waals surface area contributed by atoms with Gasteiger partial charge in [0.25, 0.3) is 0 Å². The molecule has 4 aromatic rings. The number of nitrogens with one attached hydrogen (secondary N) is 2. The van der Waals surface area contributed by atoms with Crippen molar-refractivity contribution in [1.82, 2.24) is 35.6 Å². The molecule has 0 saturated carbocycles. The number of nitrogens with zero attached hydrogens (tertiary/aromatic N) is 5. The molecular formula is C18H17N7O2. The van der Waals surface area contributed by atoms with Crippen molar-refractivity contribution >= 4 is 16.9 Å². The molecule has 4 heterocycles. The molecule has 136 valence electrons. The topological polar surface area (TPSA) is 122 Å². The minimum atomic E-state index is -0.0476. The Bertz CT molecular complexity index is 1040. The van der Waals surface area contributed by atoms with Gasteiger partial charge >= 0.3 is 0 Å². The minimum Gasteiger partial charge on any atom is -0.350 e. The van der Waals surface area contributed by atoms with Gasteiger partial charge in [0.05, 0.1) is 12.2 Å². The van der Waals surface area contributed by atoms with Gasteiger partial charge in [-0.25, -0.2) is 4.98 Å². The van der Waals surface area contributed by atoms with Crippen LogP contribution in [0.15, 0.2) is 47.4 Å². The molecule has 0 aliphatic carbocycles. The maximum absolute atomic E-state index is 12.1. The van der Waals surface area contributed by atoms with Crippen LogP contribution < -0.4 is 5.32 Å². The largest absolute Gasteiger partial charge is 0.350 e. The van der Waals surface area contributed by atoms with Gasteiger partial charge in [0.1, 0.15) is 0 Å². The standard InChI is InChI=1S/C18H17N7O2/c26-15(21-11-14-13-5-3-9-20-18(13)24-23-14)6-1-7-16-22-17(25-27-16)12-4-2-8-19-10-12/h2-5,8-10H,1,6-7,11H2,(H,21,26)(H,20,23,24). The molecular weight excluding hydrogens is 346 g/mol. The SMILES string of the molecule is O=C(CCCc1nc(-c2cccnc2)no1)NCc1[nH]nc2ncccc12. The molecule has 0 bridgehead atoms. The zero-order chi connectivity index (χ0) is 18.5. The van der Waals surface area contributed by atoms with E-state index in [4.69, 9.17) is 4.52 Å². The normalized spacial score (nSPS) is 11.0. The summed E-state index contributed by atoms with van der Waals surface area (Å²) in [6.45, 7) is 0.382. The highest BCUT2D eigenvalue weighted by molar-refractivity contribution is 5.79. The van der Waals surface area contributed by atoms with Crippen LogP contribution in [0.25, 0.3) is 22.4 Å². The quantitative estimate of drug-likeness (QED) is 0.515. The number of carbonyl (C=O) groups excluding carboxylic acids is 1. The lowest BCUT2D eigenvalue weighted by Gasteiger charge is -2.03. The summed E-state index contributed by atoms with van der Waals surface area (Å²) < 4.78 is 5.23. The van der Waals surface area contributed by atoms with Gasteiger partial charge in [0.15, 0.2) is 5.65 Å². The van der Waals surface area contributed by atoms with Gasteiger partial charge in [-0.3, -0.25) is 14.9 Å². The Morgan fingerprint density at radius 3 is 3.04 bits per heavy atom. The van der Waals surface area contributed by atoms with Crippen LogP contribution in [0, 0.1) is 0 Å². The van der Waals surface area contributed by atoms with Crippen LogP contribution in [0.4, 0.5) is 0 Å². The molecule has 4 rings (SSSR count). The van der Waals surface area contributed by atoms with Crippen molar-refractivity contribution in [3.63, 3.8) is 0 Å². The van der Waals surface area contributed by atoms with Crippen molar-refractivity contribution in [1.29, 1.82) is 0 Å². The van der Waals surface area contributed by atoms with E-state index in [-0.39, 0.29) is 5.91 Å². The molecule has 27 heavy (non-hydrogen) atoms. The maximum Gasteiger partial charge on any atom is 0.226 e. The second-order valence-electron chi connectivity index (χ2n) is 5.96. The molecule has 0 spiro atoms. The molecule has 0 atom stereocenters. The lowest BCUT2D eigenvalue weighted by molar-refractivity contribution is -0.121. The Morgan fingerprint density at radius 2 is 2.15 bits per heavy atom. The Hall–Kier alpha value is -3.62. The fraction of sp³-hybridized carbons (Fsp3) is 0.222. The van der Waals surface area contributed by atoms with Gasteiger partial charge in [0.2, 0.25) is 17.6 Å². The van der Waals surface area contributed by atoms with Crippen molar-refractivity contribution < 1.29 is 9.32 Å². The second kappa shape index (κ2) is 7.73. The smallest absolute Gasteiger partial charge is 0.226 e. The molecule has 0 aromatic carbocycles. The molecule has 0 saturated heterocycles. The Balaban J connectivity index is 1.25. The number of carbonyl (C=O) groups is 1. The third-order valence-corrected chi connectivity index (χ3v) is 4.05. The van der Waals surface area contributed by atoms with Crippen molar-refractivity contribution in [2.75, 3.05) is 0 Å². The van der Waals surface area contributed by atoms with E-state index in [1.165, 1.54) is 0 Å². The Kier molecular flexibility index (Phi) is 4.82. The van der Waals surface area contributed by atoms with Crippen LogP contribution in [-0.2, 0) is 17.8 Å². The van der Waals surface area contributed by atoms with E-state index in [9.17, 15) is 4.79 Å². The number of rotatable bonds is 7. The molecule has 1 amide bonds. The van der Waals surface area contributed by atoms with Gasteiger partial charge < -0.3 is 9.84 Å². The van der Waals surface area contributed by atoms with E-state index >= 15 is 0 Å². The van der Waals surface area contributed by atoms with E-state index in [1.807, 2.05) is 24.3 Å². The highest BCUT2D eigenvalue weighted by Crippen LogP contribution is 2.15. The monoisotopic (exact) mass is 363 g/mol. The van der Waals surface area contributed by atoms with E-state index in [0.717, 1.165) is 16.6 Å². The summed E-state index contributed by atoms with van der Waals surface area (Å²) in [6.07, 6.45) is 6.57. The number of H-pyrrole nitrogens is 1. The fourth-order valence-corrected chi connectivity index (χ4v) is 2.68. The van der Waals surface area contributed by atoms with Crippen LogP contribution in [0.2, 0.25) is 0 Å². The molecule has 0 aliphatic rings. The van der Waals surface area contributed by atoms with Crippen molar-refractivity contribution in [3.8, 4) is 11.4 Å². The van der Waals surface area contributed by atoms with Crippen LogP contribution >= 0.6 is 0 Å². The third-order valence-electron chi connectivity index (χ3n) is 4.05. The lowest BCUT2D eigenvalue weighted by atomic mass is 10.2. The van der Waals surface area contributed by atoms with Crippen LogP contribution in [0.5, 0.6) is 0 Å². The molecule has 0 fully saturated rings. The Morgan fingerprint density at radius 1 is 1.22 bits per heavy atom. The second-order valence-corrected chi connectivity index (χ2v) is 5.96. The van der Waals surface area contributed by atoms with Crippen molar-refractivity contribution in [2.24, 2.45) is 0 Å². The number of aromatic nitrogens is 6. The molecule has 0 aliphatic heterocycles. The Labute approximate surface area is 154 Å². The number of aryl methyl sites for hydroxylation is 1. The molecule has 0 radical (unpaired) electrons. The first kappa shape index (κ1) is 16.8. The third kappa shape index (κ3) is 3.97. The average molecular weight is 363 g/mol. The lowest BCUT2D eigenvalue weighted by Crippen LogP contribution is -2.22. The number of hydrogen-bond acceptors (Lipinski definition) is 7. The van der Waals surface area contributed by atoms with Gasteiger partial charge in [-0.2, -0.15) is 10.1 Å². The number of amides is 1. The van der Waals surface area contributed by atoms with Crippen LogP contribution in [-0.4, -0.2) is 36.2 Å². The first-order chi connectivity index (χ1) is 13.3. The van der Waals surface area contributed by atoms with Gasteiger partial charge in [-0.15, -0.1) is 0 Å².